The number of benzene rings is 1. The van der Waals surface area contributed by atoms with Gasteiger partial charge in [-0.15, -0.1) is 0 Å². The van der Waals surface area contributed by atoms with Gasteiger partial charge >= 0.3 is 0 Å². The third-order valence-electron chi connectivity index (χ3n) is 1.42. The van der Waals surface area contributed by atoms with Gasteiger partial charge in [0.25, 0.3) is 0 Å². The van der Waals surface area contributed by atoms with Crippen LogP contribution >= 0.6 is 0 Å². The van der Waals surface area contributed by atoms with E-state index in [2.05, 4.69) is 6.58 Å². The molecule has 0 fully saturated rings. The summed E-state index contributed by atoms with van der Waals surface area (Å²) in [6.07, 6.45) is 1.56. The van der Waals surface area contributed by atoms with E-state index in [1.807, 2.05) is 6.07 Å². The summed E-state index contributed by atoms with van der Waals surface area (Å²) in [6.45, 7) is 3.77. The molecule has 0 heterocycles. The van der Waals surface area contributed by atoms with Gasteiger partial charge in [0, 0.05) is 0 Å². The van der Waals surface area contributed by atoms with E-state index in [9.17, 15) is 4.39 Å². The van der Waals surface area contributed by atoms with Crippen LogP contribution in [0, 0.1) is 17.1 Å². The lowest BCUT2D eigenvalue weighted by molar-refractivity contribution is 0.361. The Hall–Kier alpha value is -1.82. The predicted molar refractivity (Wildman–Crippen MR) is 46.8 cm³/mol. The van der Waals surface area contributed by atoms with Crippen LogP contribution < -0.4 is 4.74 Å². The first-order chi connectivity index (χ1) is 6.27. The topological polar surface area (TPSA) is 33.0 Å². The Bertz CT molecular complexity index is 354. The number of hydrogen-bond acceptors (Lipinski definition) is 2. The number of nitrogens with zero attached hydrogens (tertiary/aromatic N) is 1. The third-order valence-corrected chi connectivity index (χ3v) is 1.42. The zero-order valence-electron chi connectivity index (χ0n) is 6.96. The Morgan fingerprint density at radius 3 is 3.00 bits per heavy atom. The highest BCUT2D eigenvalue weighted by molar-refractivity contribution is 5.43. The fourth-order valence-electron chi connectivity index (χ4n) is 0.864. The molecule has 0 aliphatic carbocycles. The number of ether oxygens (including phenoxy) is 1. The standard InChI is InChI=1S/C10H8FNO/c1-2-5-13-10-4-3-9(11)6-8(10)7-12/h2-4,6H,1,5H2. The molecule has 0 saturated carbocycles. The highest BCUT2D eigenvalue weighted by Crippen LogP contribution is 2.18. The molecule has 66 valence electrons. The van der Waals surface area contributed by atoms with Gasteiger partial charge in [0.05, 0.1) is 5.56 Å². The predicted octanol–water partition coefficient (Wildman–Crippen LogP) is 2.26. The highest BCUT2D eigenvalue weighted by Gasteiger charge is 2.03. The van der Waals surface area contributed by atoms with Crippen LogP contribution in [0.2, 0.25) is 0 Å². The van der Waals surface area contributed by atoms with Crippen LogP contribution in [0.4, 0.5) is 4.39 Å². The SMILES string of the molecule is C=CCOc1ccc(F)cc1C#N. The normalized spacial score (nSPS) is 8.92. The summed E-state index contributed by atoms with van der Waals surface area (Å²) in [6, 6.07) is 5.66. The molecule has 0 radical (unpaired) electrons. The monoisotopic (exact) mass is 177 g/mol. The second-order valence-corrected chi connectivity index (χ2v) is 2.35. The summed E-state index contributed by atoms with van der Waals surface area (Å²) < 4.78 is 17.8. The van der Waals surface area contributed by atoms with Crippen molar-refractivity contribution in [3.63, 3.8) is 0 Å². The lowest BCUT2D eigenvalue weighted by Crippen LogP contribution is -1.95. The molecular formula is C10H8FNO. The van der Waals surface area contributed by atoms with Crippen LogP contribution in [0.25, 0.3) is 0 Å². The van der Waals surface area contributed by atoms with Crippen molar-refractivity contribution in [2.24, 2.45) is 0 Å². The van der Waals surface area contributed by atoms with Gasteiger partial charge in [0.15, 0.2) is 0 Å². The average molecular weight is 177 g/mol. The van der Waals surface area contributed by atoms with Gasteiger partial charge in [-0.3, -0.25) is 0 Å². The minimum atomic E-state index is -0.442. The van der Waals surface area contributed by atoms with Crippen molar-refractivity contribution in [2.45, 2.75) is 0 Å². The Kier molecular flexibility index (Phi) is 3.04. The fourth-order valence-corrected chi connectivity index (χ4v) is 0.864. The van der Waals surface area contributed by atoms with Crippen molar-refractivity contribution >= 4 is 0 Å². The largest absolute Gasteiger partial charge is 0.488 e. The van der Waals surface area contributed by atoms with E-state index in [1.54, 1.807) is 6.08 Å². The Morgan fingerprint density at radius 1 is 1.62 bits per heavy atom. The van der Waals surface area contributed by atoms with Gasteiger partial charge < -0.3 is 4.74 Å². The number of rotatable bonds is 3. The summed E-state index contributed by atoms with van der Waals surface area (Å²) in [5.74, 6) is -0.0636. The van der Waals surface area contributed by atoms with Crippen molar-refractivity contribution in [3.8, 4) is 11.8 Å². The van der Waals surface area contributed by atoms with Gasteiger partial charge in [0.1, 0.15) is 24.2 Å². The zero-order chi connectivity index (χ0) is 9.68. The molecule has 0 saturated heterocycles. The summed E-state index contributed by atoms with van der Waals surface area (Å²) in [7, 11) is 0. The van der Waals surface area contributed by atoms with Crippen LogP contribution in [-0.2, 0) is 0 Å². The molecule has 0 N–H and O–H groups in total. The van der Waals surface area contributed by atoms with Gasteiger partial charge in [-0.2, -0.15) is 5.26 Å². The molecular weight excluding hydrogens is 169 g/mol. The molecule has 0 spiro atoms. The van der Waals surface area contributed by atoms with E-state index in [1.165, 1.54) is 12.1 Å². The maximum Gasteiger partial charge on any atom is 0.137 e. The Morgan fingerprint density at radius 2 is 2.38 bits per heavy atom. The molecule has 1 aromatic carbocycles. The first-order valence-electron chi connectivity index (χ1n) is 3.71. The molecule has 0 unspecified atom stereocenters. The molecule has 1 rings (SSSR count). The van der Waals surface area contributed by atoms with Crippen molar-refractivity contribution in [1.82, 2.24) is 0 Å². The summed E-state index contributed by atoms with van der Waals surface area (Å²) in [5.41, 5.74) is 0.196. The third kappa shape index (κ3) is 2.31. The maximum atomic E-state index is 12.6. The zero-order valence-corrected chi connectivity index (χ0v) is 6.96. The van der Waals surface area contributed by atoms with Gasteiger partial charge in [-0.25, -0.2) is 4.39 Å². The first-order valence-corrected chi connectivity index (χ1v) is 3.71. The molecule has 13 heavy (non-hydrogen) atoms. The summed E-state index contributed by atoms with van der Waals surface area (Å²) >= 11 is 0. The molecule has 0 atom stereocenters. The minimum Gasteiger partial charge on any atom is -0.488 e. The summed E-state index contributed by atoms with van der Waals surface area (Å²) in [5, 5.41) is 8.62. The van der Waals surface area contributed by atoms with Crippen LogP contribution in [-0.4, -0.2) is 6.61 Å². The van der Waals surface area contributed by atoms with E-state index in [0.29, 0.717) is 12.4 Å². The van der Waals surface area contributed by atoms with Crippen LogP contribution in [0.15, 0.2) is 30.9 Å². The second-order valence-electron chi connectivity index (χ2n) is 2.35. The van der Waals surface area contributed by atoms with Crippen molar-refractivity contribution in [3.05, 3.63) is 42.2 Å². The molecule has 0 aliphatic heterocycles. The van der Waals surface area contributed by atoms with E-state index < -0.39 is 5.82 Å². The summed E-state index contributed by atoms with van der Waals surface area (Å²) in [4.78, 5) is 0. The van der Waals surface area contributed by atoms with Gasteiger partial charge in [-0.1, -0.05) is 12.7 Å². The molecule has 0 aromatic heterocycles. The smallest absolute Gasteiger partial charge is 0.137 e. The van der Waals surface area contributed by atoms with Crippen LogP contribution in [0.1, 0.15) is 5.56 Å². The van der Waals surface area contributed by atoms with Crippen LogP contribution in [0.5, 0.6) is 5.75 Å². The quantitative estimate of drug-likeness (QED) is 0.663. The maximum absolute atomic E-state index is 12.6. The van der Waals surface area contributed by atoms with E-state index in [4.69, 9.17) is 10.00 Å². The highest BCUT2D eigenvalue weighted by atomic mass is 19.1. The lowest BCUT2D eigenvalue weighted by Gasteiger charge is -2.04. The fraction of sp³-hybridized carbons (Fsp3) is 0.100. The molecule has 1 aromatic rings. The molecule has 2 nitrogen and oxygen atoms in total. The van der Waals surface area contributed by atoms with Crippen molar-refractivity contribution < 1.29 is 9.13 Å². The van der Waals surface area contributed by atoms with Crippen molar-refractivity contribution in [1.29, 1.82) is 5.26 Å². The first kappa shape index (κ1) is 9.27. The van der Waals surface area contributed by atoms with E-state index in [0.717, 1.165) is 6.07 Å². The second kappa shape index (κ2) is 4.27. The Labute approximate surface area is 75.9 Å². The number of halogens is 1. The van der Waals surface area contributed by atoms with Crippen molar-refractivity contribution in [2.75, 3.05) is 6.61 Å². The minimum absolute atomic E-state index is 0.196. The average Bonchev–Trinajstić information content (AvgIpc) is 2.16. The van der Waals surface area contributed by atoms with Gasteiger partial charge in [0.2, 0.25) is 0 Å². The molecule has 0 aliphatic rings. The van der Waals surface area contributed by atoms with Crippen LogP contribution in [0.3, 0.4) is 0 Å². The van der Waals surface area contributed by atoms with E-state index >= 15 is 0 Å². The molecule has 3 heteroatoms. The Balaban J connectivity index is 2.94. The van der Waals surface area contributed by atoms with Gasteiger partial charge in [-0.05, 0) is 18.2 Å². The number of hydrogen-bond donors (Lipinski definition) is 0. The molecule has 0 bridgehead atoms. The lowest BCUT2D eigenvalue weighted by atomic mass is 10.2. The molecule has 0 amide bonds. The number of nitriles is 1. The van der Waals surface area contributed by atoms with E-state index in [-0.39, 0.29) is 5.56 Å².